The minimum atomic E-state index is -3.69. The molecular formula is C10H15ClN2O3S. The van der Waals surface area contributed by atoms with Gasteiger partial charge in [-0.25, -0.2) is 13.1 Å². The van der Waals surface area contributed by atoms with Gasteiger partial charge in [-0.05, 0) is 19.1 Å². The highest BCUT2D eigenvalue weighted by atomic mass is 35.5. The van der Waals surface area contributed by atoms with Crippen molar-refractivity contribution in [2.75, 3.05) is 6.54 Å². The number of rotatable bonds is 5. The smallest absolute Gasteiger partial charge is 0.242 e. The molecule has 17 heavy (non-hydrogen) atoms. The van der Waals surface area contributed by atoms with Gasteiger partial charge in [0.1, 0.15) is 4.90 Å². The SMILES string of the molecule is CC(O)C(N)CNS(=O)(=O)c1ccccc1Cl. The summed E-state index contributed by atoms with van der Waals surface area (Å²) < 4.78 is 26.0. The van der Waals surface area contributed by atoms with Crippen molar-refractivity contribution >= 4 is 21.6 Å². The Morgan fingerprint density at radius 2 is 2.06 bits per heavy atom. The molecule has 1 aromatic rings. The Balaban J connectivity index is 2.80. The van der Waals surface area contributed by atoms with Crippen LogP contribution in [-0.2, 0) is 10.0 Å². The molecule has 2 atom stereocenters. The lowest BCUT2D eigenvalue weighted by Crippen LogP contribution is -2.43. The van der Waals surface area contributed by atoms with E-state index < -0.39 is 22.2 Å². The summed E-state index contributed by atoms with van der Waals surface area (Å²) in [5.41, 5.74) is 5.53. The van der Waals surface area contributed by atoms with Crippen LogP contribution in [0.4, 0.5) is 0 Å². The first-order valence-corrected chi connectivity index (χ1v) is 6.88. The fourth-order valence-corrected chi connectivity index (χ4v) is 2.71. The van der Waals surface area contributed by atoms with Gasteiger partial charge in [-0.3, -0.25) is 0 Å². The molecule has 1 rings (SSSR count). The molecule has 4 N–H and O–H groups in total. The molecule has 0 saturated heterocycles. The van der Waals surface area contributed by atoms with Gasteiger partial charge in [-0.2, -0.15) is 0 Å². The average molecular weight is 279 g/mol. The van der Waals surface area contributed by atoms with Crippen LogP contribution < -0.4 is 10.5 Å². The van der Waals surface area contributed by atoms with Crippen molar-refractivity contribution in [3.05, 3.63) is 29.3 Å². The molecule has 0 fully saturated rings. The fraction of sp³-hybridized carbons (Fsp3) is 0.400. The lowest BCUT2D eigenvalue weighted by atomic mass is 10.2. The lowest BCUT2D eigenvalue weighted by Gasteiger charge is -2.15. The van der Waals surface area contributed by atoms with Gasteiger partial charge >= 0.3 is 0 Å². The Hall–Kier alpha value is -0.660. The zero-order valence-corrected chi connectivity index (χ0v) is 10.9. The predicted octanol–water partition coefficient (Wildman–Crippen LogP) is 0.326. The second-order valence-corrected chi connectivity index (χ2v) is 5.83. The highest BCUT2D eigenvalue weighted by molar-refractivity contribution is 7.89. The Labute approximate surface area is 106 Å². The fourth-order valence-electron chi connectivity index (χ4n) is 1.12. The number of hydrogen-bond donors (Lipinski definition) is 3. The standard InChI is InChI=1S/C10H15ClN2O3S/c1-7(14)9(12)6-13-17(15,16)10-5-3-2-4-8(10)11/h2-5,7,9,13-14H,6,12H2,1H3. The number of nitrogens with two attached hydrogens (primary N) is 1. The number of aliphatic hydroxyl groups excluding tert-OH is 1. The van der Waals surface area contributed by atoms with Gasteiger partial charge in [0.05, 0.1) is 11.1 Å². The highest BCUT2D eigenvalue weighted by Crippen LogP contribution is 2.19. The molecule has 0 saturated carbocycles. The Kier molecular flexibility index (Phi) is 4.91. The van der Waals surface area contributed by atoms with Gasteiger partial charge < -0.3 is 10.8 Å². The van der Waals surface area contributed by atoms with E-state index in [0.717, 1.165) is 0 Å². The first kappa shape index (κ1) is 14.4. The van der Waals surface area contributed by atoms with Gasteiger partial charge in [0, 0.05) is 12.6 Å². The maximum atomic E-state index is 11.8. The molecule has 0 aliphatic heterocycles. The van der Waals surface area contributed by atoms with Crippen LogP contribution in [0.1, 0.15) is 6.92 Å². The van der Waals surface area contributed by atoms with E-state index in [-0.39, 0.29) is 16.5 Å². The first-order valence-electron chi connectivity index (χ1n) is 5.02. The topological polar surface area (TPSA) is 92.4 Å². The predicted molar refractivity (Wildman–Crippen MR) is 66.3 cm³/mol. The molecule has 0 bridgehead atoms. The van der Waals surface area contributed by atoms with Crippen LogP contribution >= 0.6 is 11.6 Å². The van der Waals surface area contributed by atoms with E-state index in [1.807, 2.05) is 0 Å². The zero-order valence-electron chi connectivity index (χ0n) is 9.30. The third-order valence-corrected chi connectivity index (χ3v) is 4.18. The molecule has 0 amide bonds. The minimum Gasteiger partial charge on any atom is -0.392 e. The monoisotopic (exact) mass is 278 g/mol. The summed E-state index contributed by atoms with van der Waals surface area (Å²) in [4.78, 5) is -0.000500. The number of sulfonamides is 1. The molecule has 0 aliphatic carbocycles. The van der Waals surface area contributed by atoms with Crippen LogP contribution in [-0.4, -0.2) is 32.2 Å². The van der Waals surface area contributed by atoms with Crippen molar-refractivity contribution in [1.29, 1.82) is 0 Å². The van der Waals surface area contributed by atoms with Crippen molar-refractivity contribution in [1.82, 2.24) is 4.72 Å². The van der Waals surface area contributed by atoms with E-state index in [9.17, 15) is 8.42 Å². The van der Waals surface area contributed by atoms with Crippen molar-refractivity contribution in [2.45, 2.75) is 24.0 Å². The van der Waals surface area contributed by atoms with Gasteiger partial charge in [0.25, 0.3) is 0 Å². The van der Waals surface area contributed by atoms with Crippen LogP contribution in [0.5, 0.6) is 0 Å². The van der Waals surface area contributed by atoms with E-state index in [2.05, 4.69) is 4.72 Å². The third kappa shape index (κ3) is 3.93. The minimum absolute atomic E-state index is 0.000500. The summed E-state index contributed by atoms with van der Waals surface area (Å²) in [6, 6.07) is 5.45. The van der Waals surface area contributed by atoms with Crippen LogP contribution in [0.15, 0.2) is 29.2 Å². The van der Waals surface area contributed by atoms with Gasteiger partial charge in [0.15, 0.2) is 0 Å². The van der Waals surface area contributed by atoms with Gasteiger partial charge in [0.2, 0.25) is 10.0 Å². The number of benzene rings is 1. The zero-order chi connectivity index (χ0) is 13.1. The quantitative estimate of drug-likeness (QED) is 0.723. The summed E-state index contributed by atoms with van der Waals surface area (Å²) in [5, 5.41) is 9.30. The van der Waals surface area contributed by atoms with E-state index in [4.69, 9.17) is 22.4 Å². The largest absolute Gasteiger partial charge is 0.392 e. The van der Waals surface area contributed by atoms with Gasteiger partial charge in [-0.15, -0.1) is 0 Å². The molecule has 5 nitrogen and oxygen atoms in total. The van der Waals surface area contributed by atoms with Crippen LogP contribution in [0.25, 0.3) is 0 Å². The molecule has 2 unspecified atom stereocenters. The van der Waals surface area contributed by atoms with Crippen molar-refractivity contribution < 1.29 is 13.5 Å². The molecule has 0 aliphatic rings. The van der Waals surface area contributed by atoms with E-state index in [1.165, 1.54) is 19.1 Å². The van der Waals surface area contributed by atoms with E-state index >= 15 is 0 Å². The van der Waals surface area contributed by atoms with Crippen LogP contribution in [0, 0.1) is 0 Å². The summed E-state index contributed by atoms with van der Waals surface area (Å²) in [5.74, 6) is 0. The average Bonchev–Trinajstić information content (AvgIpc) is 2.26. The first-order chi connectivity index (χ1) is 7.84. The number of nitrogens with one attached hydrogen (secondary N) is 1. The Morgan fingerprint density at radius 3 is 2.59 bits per heavy atom. The summed E-state index contributed by atoms with van der Waals surface area (Å²) in [6.07, 6.45) is -0.788. The third-order valence-electron chi connectivity index (χ3n) is 2.25. The second kappa shape index (κ2) is 5.79. The van der Waals surface area contributed by atoms with Crippen molar-refractivity contribution in [3.63, 3.8) is 0 Å². The molecule has 7 heteroatoms. The summed E-state index contributed by atoms with van der Waals surface area (Å²) in [6.45, 7) is 1.44. The van der Waals surface area contributed by atoms with Crippen LogP contribution in [0.3, 0.4) is 0 Å². The maximum Gasteiger partial charge on any atom is 0.242 e. The Bertz CT molecular complexity index is 476. The summed E-state index contributed by atoms with van der Waals surface area (Å²) >= 11 is 5.79. The molecule has 0 aromatic heterocycles. The molecule has 96 valence electrons. The van der Waals surface area contributed by atoms with Crippen molar-refractivity contribution in [2.24, 2.45) is 5.73 Å². The van der Waals surface area contributed by atoms with Crippen molar-refractivity contribution in [3.8, 4) is 0 Å². The van der Waals surface area contributed by atoms with E-state index in [1.54, 1.807) is 12.1 Å². The van der Waals surface area contributed by atoms with Crippen LogP contribution in [0.2, 0.25) is 5.02 Å². The molecule has 1 aromatic carbocycles. The lowest BCUT2D eigenvalue weighted by molar-refractivity contribution is 0.164. The highest BCUT2D eigenvalue weighted by Gasteiger charge is 2.19. The number of aliphatic hydroxyl groups is 1. The second-order valence-electron chi connectivity index (χ2n) is 3.69. The normalized spacial score (nSPS) is 15.5. The maximum absolute atomic E-state index is 11.8. The van der Waals surface area contributed by atoms with E-state index in [0.29, 0.717) is 0 Å². The molecule has 0 radical (unpaired) electrons. The van der Waals surface area contributed by atoms with Gasteiger partial charge in [-0.1, -0.05) is 23.7 Å². The molecular weight excluding hydrogens is 264 g/mol. The number of halogens is 1. The Morgan fingerprint density at radius 1 is 1.47 bits per heavy atom. The summed E-state index contributed by atoms with van der Waals surface area (Å²) in [7, 11) is -3.69. The number of hydrogen-bond acceptors (Lipinski definition) is 4. The molecule has 0 spiro atoms. The molecule has 0 heterocycles.